The minimum atomic E-state index is -3.80. The van der Waals surface area contributed by atoms with Crippen molar-refractivity contribution >= 4 is 21.6 Å². The van der Waals surface area contributed by atoms with E-state index in [2.05, 4.69) is 10.0 Å². The molecule has 0 aliphatic heterocycles. The third-order valence-electron chi connectivity index (χ3n) is 5.42. The third kappa shape index (κ3) is 7.78. The number of hydrogen-bond donors (Lipinski definition) is 2. The fourth-order valence-electron chi connectivity index (χ4n) is 3.53. The maximum absolute atomic E-state index is 12.8. The maximum atomic E-state index is 12.8. The van der Waals surface area contributed by atoms with Gasteiger partial charge in [-0.3, -0.25) is 9.52 Å². The summed E-state index contributed by atoms with van der Waals surface area (Å²) in [6, 6.07) is 16.7. The second-order valence-electron chi connectivity index (χ2n) is 8.07. The molecule has 3 rings (SSSR count). The lowest BCUT2D eigenvalue weighted by Gasteiger charge is -2.13. The van der Waals surface area contributed by atoms with Gasteiger partial charge in [-0.05, 0) is 86.0 Å². The van der Waals surface area contributed by atoms with Crippen LogP contribution in [0.5, 0.6) is 23.0 Å². The first-order valence-electron chi connectivity index (χ1n) is 11.7. The van der Waals surface area contributed by atoms with Crippen LogP contribution in [0.15, 0.2) is 65.6 Å². The lowest BCUT2D eigenvalue weighted by Crippen LogP contribution is -2.30. The van der Waals surface area contributed by atoms with Gasteiger partial charge in [0.1, 0.15) is 11.5 Å². The zero-order chi connectivity index (χ0) is 26.8. The molecule has 0 unspecified atom stereocenters. The lowest BCUT2D eigenvalue weighted by molar-refractivity contribution is -0.123. The highest BCUT2D eigenvalue weighted by Gasteiger charge is 2.16. The molecular formula is C27H32N2O7S. The number of aryl methyl sites for hydroxylation is 1. The van der Waals surface area contributed by atoms with Crippen molar-refractivity contribution in [3.8, 4) is 23.0 Å². The fraction of sp³-hybridized carbons (Fsp3) is 0.296. The Morgan fingerprint density at radius 1 is 0.865 bits per heavy atom. The zero-order valence-electron chi connectivity index (χ0n) is 21.4. The van der Waals surface area contributed by atoms with Crippen molar-refractivity contribution in [2.24, 2.45) is 0 Å². The largest absolute Gasteiger partial charge is 0.494 e. The molecule has 0 bridgehead atoms. The van der Waals surface area contributed by atoms with Crippen molar-refractivity contribution in [1.29, 1.82) is 0 Å². The molecule has 0 saturated carbocycles. The van der Waals surface area contributed by atoms with Gasteiger partial charge in [-0.15, -0.1) is 0 Å². The van der Waals surface area contributed by atoms with Gasteiger partial charge in [-0.25, -0.2) is 8.42 Å². The number of anilines is 1. The summed E-state index contributed by atoms with van der Waals surface area (Å²) in [7, 11) is -0.651. The topological polar surface area (TPSA) is 112 Å². The van der Waals surface area contributed by atoms with E-state index in [1.165, 1.54) is 12.1 Å². The summed E-state index contributed by atoms with van der Waals surface area (Å²) >= 11 is 0. The molecule has 0 radical (unpaired) electrons. The molecule has 37 heavy (non-hydrogen) atoms. The highest BCUT2D eigenvalue weighted by atomic mass is 32.2. The van der Waals surface area contributed by atoms with E-state index in [4.69, 9.17) is 18.9 Å². The van der Waals surface area contributed by atoms with Crippen molar-refractivity contribution in [2.45, 2.75) is 25.2 Å². The molecule has 0 spiro atoms. The molecule has 2 N–H and O–H groups in total. The van der Waals surface area contributed by atoms with Crippen LogP contribution in [0.3, 0.4) is 0 Å². The number of nitrogens with one attached hydrogen (secondary N) is 2. The Bertz CT molecular complexity index is 1310. The Balaban J connectivity index is 1.51. The van der Waals surface area contributed by atoms with Crippen LogP contribution < -0.4 is 29.0 Å². The summed E-state index contributed by atoms with van der Waals surface area (Å²) < 4.78 is 49.6. The Morgan fingerprint density at radius 3 is 2.22 bits per heavy atom. The van der Waals surface area contributed by atoms with Crippen LogP contribution in [-0.2, 0) is 21.2 Å². The van der Waals surface area contributed by atoms with Crippen LogP contribution >= 0.6 is 0 Å². The Kier molecular flexibility index (Phi) is 9.62. The first-order valence-corrected chi connectivity index (χ1v) is 13.2. The number of sulfonamides is 1. The van der Waals surface area contributed by atoms with Gasteiger partial charge in [0.25, 0.3) is 15.9 Å². The first-order chi connectivity index (χ1) is 17.7. The normalized spacial score (nSPS) is 10.9. The number of rotatable bonds is 13. The van der Waals surface area contributed by atoms with Crippen LogP contribution in [0.1, 0.15) is 18.1 Å². The molecule has 198 valence electrons. The fourth-order valence-corrected chi connectivity index (χ4v) is 4.67. The van der Waals surface area contributed by atoms with Gasteiger partial charge in [0.05, 0.1) is 25.7 Å². The van der Waals surface area contributed by atoms with Crippen LogP contribution in [0, 0.1) is 6.92 Å². The van der Waals surface area contributed by atoms with Crippen LogP contribution in [0.25, 0.3) is 0 Å². The molecule has 0 fully saturated rings. The quantitative estimate of drug-likeness (QED) is 0.345. The molecule has 0 saturated heterocycles. The van der Waals surface area contributed by atoms with Crippen molar-refractivity contribution in [3.05, 3.63) is 71.8 Å². The number of carbonyl (C=O) groups excluding carboxylic acids is 1. The smallest absolute Gasteiger partial charge is 0.261 e. The summed E-state index contributed by atoms with van der Waals surface area (Å²) in [5.41, 5.74) is 2.00. The summed E-state index contributed by atoms with van der Waals surface area (Å²) in [6.45, 7) is 4.36. The van der Waals surface area contributed by atoms with Crippen molar-refractivity contribution in [1.82, 2.24) is 5.32 Å². The van der Waals surface area contributed by atoms with E-state index < -0.39 is 10.0 Å². The summed E-state index contributed by atoms with van der Waals surface area (Å²) in [6.07, 6.45) is 0.610. The Hall–Kier alpha value is -3.92. The van der Waals surface area contributed by atoms with Gasteiger partial charge in [0.2, 0.25) is 0 Å². The number of methoxy groups -OCH3 is 2. The molecule has 3 aromatic rings. The van der Waals surface area contributed by atoms with Gasteiger partial charge in [0.15, 0.2) is 18.1 Å². The Labute approximate surface area is 217 Å². The van der Waals surface area contributed by atoms with Crippen LogP contribution in [0.4, 0.5) is 5.69 Å². The van der Waals surface area contributed by atoms with Gasteiger partial charge in [-0.1, -0.05) is 6.07 Å². The van der Waals surface area contributed by atoms with E-state index >= 15 is 0 Å². The lowest BCUT2D eigenvalue weighted by atomic mass is 10.1. The summed E-state index contributed by atoms with van der Waals surface area (Å²) in [5, 5.41) is 2.81. The highest BCUT2D eigenvalue weighted by Crippen LogP contribution is 2.28. The molecule has 3 aromatic carbocycles. The molecule has 10 heteroatoms. The molecular weight excluding hydrogens is 496 g/mol. The number of ether oxygens (including phenoxy) is 4. The number of benzene rings is 3. The van der Waals surface area contributed by atoms with E-state index in [0.717, 1.165) is 5.56 Å². The highest BCUT2D eigenvalue weighted by molar-refractivity contribution is 7.92. The van der Waals surface area contributed by atoms with Crippen LogP contribution in [-0.4, -0.2) is 48.3 Å². The Morgan fingerprint density at radius 2 is 1.57 bits per heavy atom. The average Bonchev–Trinajstić information content (AvgIpc) is 2.89. The van der Waals surface area contributed by atoms with Crippen molar-refractivity contribution < 1.29 is 32.2 Å². The SMILES string of the molecule is CCOc1ccc(NS(=O)(=O)c2ccc(OCC(=O)NCCc3ccc(OC)c(OC)c3)c(C)c2)cc1. The molecule has 0 aromatic heterocycles. The van der Waals surface area contributed by atoms with E-state index in [0.29, 0.717) is 53.8 Å². The van der Waals surface area contributed by atoms with E-state index in [-0.39, 0.29) is 17.4 Å². The van der Waals surface area contributed by atoms with Gasteiger partial charge < -0.3 is 24.3 Å². The van der Waals surface area contributed by atoms with Crippen molar-refractivity contribution in [3.63, 3.8) is 0 Å². The molecule has 0 aliphatic carbocycles. The molecule has 9 nitrogen and oxygen atoms in total. The monoisotopic (exact) mass is 528 g/mol. The molecule has 0 aliphatic rings. The maximum Gasteiger partial charge on any atom is 0.261 e. The number of amides is 1. The first kappa shape index (κ1) is 27.7. The minimum Gasteiger partial charge on any atom is -0.494 e. The van der Waals surface area contributed by atoms with Gasteiger partial charge >= 0.3 is 0 Å². The van der Waals surface area contributed by atoms with Gasteiger partial charge in [-0.2, -0.15) is 0 Å². The summed E-state index contributed by atoms with van der Waals surface area (Å²) in [5.74, 6) is 2.08. The second-order valence-corrected chi connectivity index (χ2v) is 9.75. The minimum absolute atomic E-state index is 0.0885. The average molecular weight is 529 g/mol. The molecule has 0 heterocycles. The van der Waals surface area contributed by atoms with E-state index in [1.54, 1.807) is 51.5 Å². The van der Waals surface area contributed by atoms with E-state index in [9.17, 15) is 13.2 Å². The van der Waals surface area contributed by atoms with E-state index in [1.807, 2.05) is 25.1 Å². The number of hydrogen-bond acceptors (Lipinski definition) is 7. The predicted octanol–water partition coefficient (Wildman–Crippen LogP) is 3.95. The standard InChI is InChI=1S/C27H32N2O7S/c1-5-35-22-9-7-21(8-10-22)29-37(31,32)23-11-13-24(19(2)16-23)36-18-27(30)28-15-14-20-6-12-25(33-3)26(17-20)34-4/h6-13,16-17,29H,5,14-15,18H2,1-4H3,(H,28,30). The predicted molar refractivity (Wildman–Crippen MR) is 141 cm³/mol. The second kappa shape index (κ2) is 12.9. The van der Waals surface area contributed by atoms with Crippen LogP contribution in [0.2, 0.25) is 0 Å². The zero-order valence-corrected chi connectivity index (χ0v) is 22.2. The molecule has 0 atom stereocenters. The third-order valence-corrected chi connectivity index (χ3v) is 6.80. The van der Waals surface area contributed by atoms with Crippen molar-refractivity contribution in [2.75, 3.05) is 38.7 Å². The van der Waals surface area contributed by atoms with Gasteiger partial charge in [0, 0.05) is 12.2 Å². The number of carbonyl (C=O) groups is 1. The summed E-state index contributed by atoms with van der Waals surface area (Å²) in [4.78, 5) is 12.3. The molecule has 1 amide bonds.